The number of aliphatic hydroxyl groups excluding tert-OH is 1. The molecule has 0 aliphatic heterocycles. The standard InChI is InChI=1S/C13H16N2O2/c1-17-7-6-15-9-12(8-14-15)13-5-3-2-4-11(13)10-16/h2-5,8-9,16H,6-7,10H2,1H3. The van der Waals surface area contributed by atoms with E-state index >= 15 is 0 Å². The number of hydrogen-bond donors (Lipinski definition) is 1. The van der Waals surface area contributed by atoms with Crippen LogP contribution >= 0.6 is 0 Å². The summed E-state index contributed by atoms with van der Waals surface area (Å²) in [5, 5.41) is 13.5. The zero-order valence-corrected chi connectivity index (χ0v) is 9.84. The molecule has 0 radical (unpaired) electrons. The predicted octanol–water partition coefficient (Wildman–Crippen LogP) is 1.69. The van der Waals surface area contributed by atoms with E-state index in [2.05, 4.69) is 5.10 Å². The lowest BCUT2D eigenvalue weighted by atomic mass is 10.0. The van der Waals surface area contributed by atoms with E-state index in [-0.39, 0.29) is 6.61 Å². The first-order chi connectivity index (χ1) is 8.35. The minimum Gasteiger partial charge on any atom is -0.392 e. The van der Waals surface area contributed by atoms with Gasteiger partial charge in [0.2, 0.25) is 0 Å². The van der Waals surface area contributed by atoms with Gasteiger partial charge in [-0.3, -0.25) is 4.68 Å². The number of methoxy groups -OCH3 is 1. The van der Waals surface area contributed by atoms with E-state index in [0.717, 1.165) is 23.2 Å². The van der Waals surface area contributed by atoms with Crippen molar-refractivity contribution >= 4 is 0 Å². The third kappa shape index (κ3) is 2.72. The van der Waals surface area contributed by atoms with Gasteiger partial charge in [-0.25, -0.2) is 0 Å². The number of aromatic nitrogens is 2. The summed E-state index contributed by atoms with van der Waals surface area (Å²) in [6, 6.07) is 7.79. The predicted molar refractivity (Wildman–Crippen MR) is 65.5 cm³/mol. The van der Waals surface area contributed by atoms with Crippen LogP contribution in [0.5, 0.6) is 0 Å². The zero-order chi connectivity index (χ0) is 12.1. The summed E-state index contributed by atoms with van der Waals surface area (Å²) >= 11 is 0. The van der Waals surface area contributed by atoms with Gasteiger partial charge in [-0.05, 0) is 11.1 Å². The number of nitrogens with zero attached hydrogens (tertiary/aromatic N) is 2. The van der Waals surface area contributed by atoms with Crippen LogP contribution in [-0.4, -0.2) is 28.6 Å². The Morgan fingerprint density at radius 3 is 2.94 bits per heavy atom. The van der Waals surface area contributed by atoms with E-state index in [1.807, 2.05) is 41.3 Å². The summed E-state index contributed by atoms with van der Waals surface area (Å²) in [6.45, 7) is 1.42. The van der Waals surface area contributed by atoms with Crippen LogP contribution in [0, 0.1) is 0 Å². The van der Waals surface area contributed by atoms with Crippen molar-refractivity contribution < 1.29 is 9.84 Å². The minimum atomic E-state index is 0.0411. The number of rotatable bonds is 5. The van der Waals surface area contributed by atoms with Crippen molar-refractivity contribution in [3.05, 3.63) is 42.2 Å². The first kappa shape index (κ1) is 11.8. The third-order valence-corrected chi connectivity index (χ3v) is 2.66. The van der Waals surface area contributed by atoms with Gasteiger partial charge < -0.3 is 9.84 Å². The second-order valence-corrected chi connectivity index (χ2v) is 3.80. The van der Waals surface area contributed by atoms with Crippen molar-refractivity contribution in [2.24, 2.45) is 0 Å². The maximum Gasteiger partial charge on any atom is 0.0687 e. The molecule has 0 amide bonds. The second kappa shape index (κ2) is 5.61. The smallest absolute Gasteiger partial charge is 0.0687 e. The Hall–Kier alpha value is -1.65. The van der Waals surface area contributed by atoms with Crippen molar-refractivity contribution in [2.45, 2.75) is 13.2 Å². The molecule has 4 nitrogen and oxygen atoms in total. The van der Waals surface area contributed by atoms with Gasteiger partial charge in [0.05, 0.1) is 26.0 Å². The molecule has 4 heteroatoms. The highest BCUT2D eigenvalue weighted by Crippen LogP contribution is 2.22. The Labute approximate surface area is 100 Å². The van der Waals surface area contributed by atoms with Crippen molar-refractivity contribution in [2.75, 3.05) is 13.7 Å². The Bertz CT molecular complexity index is 480. The van der Waals surface area contributed by atoms with E-state index in [4.69, 9.17) is 4.74 Å². The SMILES string of the molecule is COCCn1cc(-c2ccccc2CO)cn1. The minimum absolute atomic E-state index is 0.0411. The molecule has 2 aromatic rings. The van der Waals surface area contributed by atoms with E-state index < -0.39 is 0 Å². The highest BCUT2D eigenvalue weighted by Gasteiger charge is 2.05. The number of aliphatic hydroxyl groups is 1. The van der Waals surface area contributed by atoms with Gasteiger partial charge >= 0.3 is 0 Å². The lowest BCUT2D eigenvalue weighted by molar-refractivity contribution is 0.183. The van der Waals surface area contributed by atoms with Crippen molar-refractivity contribution in [1.29, 1.82) is 0 Å². The molecule has 0 saturated heterocycles. The molecule has 90 valence electrons. The Kier molecular flexibility index (Phi) is 3.90. The maximum atomic E-state index is 9.28. The van der Waals surface area contributed by atoms with Crippen molar-refractivity contribution in [3.8, 4) is 11.1 Å². The monoisotopic (exact) mass is 232 g/mol. The first-order valence-corrected chi connectivity index (χ1v) is 5.55. The lowest BCUT2D eigenvalue weighted by Crippen LogP contribution is -2.03. The molecule has 1 N–H and O–H groups in total. The van der Waals surface area contributed by atoms with Crippen LogP contribution in [-0.2, 0) is 17.9 Å². The van der Waals surface area contributed by atoms with Gasteiger partial charge in [-0.1, -0.05) is 24.3 Å². The van der Waals surface area contributed by atoms with Crippen LogP contribution in [0.25, 0.3) is 11.1 Å². The maximum absolute atomic E-state index is 9.28. The van der Waals surface area contributed by atoms with Crippen LogP contribution in [0.3, 0.4) is 0 Å². The molecule has 2 rings (SSSR count). The highest BCUT2D eigenvalue weighted by atomic mass is 16.5. The van der Waals surface area contributed by atoms with Crippen molar-refractivity contribution in [3.63, 3.8) is 0 Å². The molecular weight excluding hydrogens is 216 g/mol. The molecule has 17 heavy (non-hydrogen) atoms. The molecule has 1 heterocycles. The highest BCUT2D eigenvalue weighted by molar-refractivity contribution is 5.65. The summed E-state index contributed by atoms with van der Waals surface area (Å²) in [4.78, 5) is 0. The summed E-state index contributed by atoms with van der Waals surface area (Å²) in [7, 11) is 1.67. The zero-order valence-electron chi connectivity index (χ0n) is 9.84. The molecule has 0 saturated carbocycles. The van der Waals surface area contributed by atoms with E-state index in [0.29, 0.717) is 6.61 Å². The number of hydrogen-bond acceptors (Lipinski definition) is 3. The molecule has 1 aromatic heterocycles. The van der Waals surface area contributed by atoms with Gasteiger partial charge in [-0.15, -0.1) is 0 Å². The van der Waals surface area contributed by atoms with Gasteiger partial charge in [-0.2, -0.15) is 5.10 Å². The topological polar surface area (TPSA) is 47.3 Å². The molecular formula is C13H16N2O2. The van der Waals surface area contributed by atoms with Crippen LogP contribution < -0.4 is 0 Å². The Morgan fingerprint density at radius 1 is 1.35 bits per heavy atom. The quantitative estimate of drug-likeness (QED) is 0.853. The van der Waals surface area contributed by atoms with Gasteiger partial charge in [0, 0.05) is 18.9 Å². The fourth-order valence-corrected chi connectivity index (χ4v) is 1.75. The van der Waals surface area contributed by atoms with Crippen LogP contribution in [0.15, 0.2) is 36.7 Å². The molecule has 1 aromatic carbocycles. The largest absolute Gasteiger partial charge is 0.392 e. The fourth-order valence-electron chi connectivity index (χ4n) is 1.75. The summed E-state index contributed by atoms with van der Waals surface area (Å²) in [5.41, 5.74) is 2.96. The molecule has 0 aliphatic rings. The normalized spacial score (nSPS) is 10.7. The molecule has 0 fully saturated rings. The van der Waals surface area contributed by atoms with Gasteiger partial charge in [0.25, 0.3) is 0 Å². The number of ether oxygens (including phenoxy) is 1. The molecule has 0 bridgehead atoms. The Balaban J connectivity index is 2.24. The van der Waals surface area contributed by atoms with E-state index in [9.17, 15) is 5.11 Å². The Morgan fingerprint density at radius 2 is 2.18 bits per heavy atom. The van der Waals surface area contributed by atoms with Gasteiger partial charge in [0.15, 0.2) is 0 Å². The van der Waals surface area contributed by atoms with E-state index in [1.165, 1.54) is 0 Å². The average Bonchev–Trinajstić information content (AvgIpc) is 2.85. The van der Waals surface area contributed by atoms with Crippen molar-refractivity contribution in [1.82, 2.24) is 9.78 Å². The van der Waals surface area contributed by atoms with Crippen LogP contribution in [0.2, 0.25) is 0 Å². The summed E-state index contributed by atoms with van der Waals surface area (Å²) < 4.78 is 6.85. The molecule has 0 aliphatic carbocycles. The third-order valence-electron chi connectivity index (χ3n) is 2.66. The number of benzene rings is 1. The summed E-state index contributed by atoms with van der Waals surface area (Å²) in [5.74, 6) is 0. The fraction of sp³-hybridized carbons (Fsp3) is 0.308. The first-order valence-electron chi connectivity index (χ1n) is 5.55. The molecule has 0 spiro atoms. The lowest BCUT2D eigenvalue weighted by Gasteiger charge is -2.04. The summed E-state index contributed by atoms with van der Waals surface area (Å²) in [6.07, 6.45) is 3.78. The van der Waals surface area contributed by atoms with Crippen LogP contribution in [0.1, 0.15) is 5.56 Å². The average molecular weight is 232 g/mol. The van der Waals surface area contributed by atoms with E-state index in [1.54, 1.807) is 7.11 Å². The molecule has 0 unspecified atom stereocenters. The van der Waals surface area contributed by atoms with Crippen LogP contribution in [0.4, 0.5) is 0 Å². The molecule has 0 atom stereocenters. The van der Waals surface area contributed by atoms with Gasteiger partial charge in [0.1, 0.15) is 0 Å². The second-order valence-electron chi connectivity index (χ2n) is 3.80.